The van der Waals surface area contributed by atoms with E-state index in [1.54, 1.807) is 25.1 Å². The highest BCUT2D eigenvalue weighted by Crippen LogP contribution is 2.42. The first-order valence-corrected chi connectivity index (χ1v) is 16.3. The van der Waals surface area contributed by atoms with Crippen molar-refractivity contribution in [3.63, 3.8) is 0 Å². The maximum atomic E-state index is 13.1. The summed E-state index contributed by atoms with van der Waals surface area (Å²) >= 11 is 0. The van der Waals surface area contributed by atoms with Gasteiger partial charge >= 0.3 is 0 Å². The number of nitro groups is 1. The molecule has 0 amide bonds. The molecule has 0 unspecified atom stereocenters. The number of H-pyrrole nitrogens is 2. The number of nitrogens with zero attached hydrogens (tertiary/aromatic N) is 1. The van der Waals surface area contributed by atoms with Gasteiger partial charge < -0.3 is 48.6 Å². The molecule has 0 saturated heterocycles. The molecule has 290 valence electrons. The molecule has 0 aliphatic rings. The van der Waals surface area contributed by atoms with Gasteiger partial charge in [-0.15, -0.1) is 0 Å². The molecule has 0 bridgehead atoms. The molecule has 0 atom stereocenters. The largest absolute Gasteiger partial charge is 0.506 e. The number of aromatic hydroxyl groups is 2. The monoisotopic (exact) mass is 769 g/mol. The molecule has 0 spiro atoms. The highest BCUT2D eigenvalue weighted by Gasteiger charge is 2.29. The van der Waals surface area contributed by atoms with Gasteiger partial charge in [-0.05, 0) is 48.9 Å². The second kappa shape index (κ2) is 16.2. The highest BCUT2D eigenvalue weighted by atomic mass is 16.6. The molecule has 2 heterocycles. The quantitative estimate of drug-likeness (QED) is 0.0753. The smallest absolute Gasteiger partial charge is 0.271 e. The molecule has 4 aromatic carbocycles. The van der Waals surface area contributed by atoms with Crippen LogP contribution in [0, 0.1) is 17.0 Å². The van der Waals surface area contributed by atoms with E-state index in [0.717, 1.165) is 17.7 Å². The van der Waals surface area contributed by atoms with Crippen LogP contribution in [0.2, 0.25) is 0 Å². The number of para-hydroxylation sites is 1. The number of carbonyl (C=O) groups excluding carboxylic acids is 2. The van der Waals surface area contributed by atoms with E-state index < -0.39 is 38.9 Å². The standard InChI is InChI=1S/C20H19NO6.C19H16N2O8/c1-10-6-5-7-11-15(10)21-20(24)14(16(11)22)17(23)12-8-9-13(25-2)19(27-4)18(12)26-3;1-27-13-7-6-11(17(28-2)18(13)29-3)16(23)14-15(22)10-5-4-9(21(25)26)8-12(10)20-19(14)24/h5-9H,1-4H3,(H2,21,22,24);4-8H,1-3H3,(H2,20,22,24). The molecule has 17 heteroatoms. The summed E-state index contributed by atoms with van der Waals surface area (Å²) in [5, 5.41) is 32.6. The lowest BCUT2D eigenvalue weighted by atomic mass is 9.99. The van der Waals surface area contributed by atoms with Crippen LogP contribution < -0.4 is 39.5 Å². The molecular formula is C39H35N3O14. The van der Waals surface area contributed by atoms with Crippen LogP contribution in [-0.4, -0.2) is 79.3 Å². The third-order valence-corrected chi connectivity index (χ3v) is 8.76. The molecule has 0 radical (unpaired) electrons. The predicted octanol–water partition coefficient (Wildman–Crippen LogP) is 5.20. The van der Waals surface area contributed by atoms with Crippen molar-refractivity contribution >= 4 is 39.1 Å². The number of aryl methyl sites for hydroxylation is 1. The van der Waals surface area contributed by atoms with Gasteiger partial charge in [0.05, 0.1) is 69.7 Å². The first-order valence-electron chi connectivity index (χ1n) is 16.3. The maximum Gasteiger partial charge on any atom is 0.271 e. The zero-order valence-corrected chi connectivity index (χ0v) is 31.0. The van der Waals surface area contributed by atoms with Gasteiger partial charge in [0.2, 0.25) is 23.1 Å². The Hall–Kier alpha value is -7.56. The van der Waals surface area contributed by atoms with Crippen molar-refractivity contribution in [1.82, 2.24) is 9.97 Å². The van der Waals surface area contributed by atoms with E-state index in [2.05, 4.69) is 9.97 Å². The van der Waals surface area contributed by atoms with Gasteiger partial charge in [-0.1, -0.05) is 12.1 Å². The van der Waals surface area contributed by atoms with E-state index in [4.69, 9.17) is 28.4 Å². The van der Waals surface area contributed by atoms with Crippen molar-refractivity contribution in [2.45, 2.75) is 6.92 Å². The van der Waals surface area contributed by atoms with Crippen molar-refractivity contribution in [2.75, 3.05) is 42.7 Å². The van der Waals surface area contributed by atoms with E-state index >= 15 is 0 Å². The third kappa shape index (κ3) is 6.95. The Morgan fingerprint density at radius 2 is 1.11 bits per heavy atom. The SMILES string of the molecule is COc1ccc(C(=O)c2c(O)c3ccc([N+](=O)[O-])cc3[nH]c2=O)c(OC)c1OC.COc1ccc(C(=O)c2c(O)c3cccc(C)c3[nH]c2=O)c(OC)c1OC. The molecule has 4 N–H and O–H groups in total. The summed E-state index contributed by atoms with van der Waals surface area (Å²) in [4.78, 5) is 66.6. The molecule has 56 heavy (non-hydrogen) atoms. The van der Waals surface area contributed by atoms with E-state index in [-0.39, 0.29) is 62.0 Å². The van der Waals surface area contributed by atoms with Crippen LogP contribution in [0.3, 0.4) is 0 Å². The molecule has 0 saturated carbocycles. The summed E-state index contributed by atoms with van der Waals surface area (Å²) < 4.78 is 31.5. The molecule has 17 nitrogen and oxygen atoms in total. The summed E-state index contributed by atoms with van der Waals surface area (Å²) in [6.07, 6.45) is 0. The molecule has 2 aromatic heterocycles. The lowest BCUT2D eigenvalue weighted by molar-refractivity contribution is -0.384. The number of pyridine rings is 2. The molecule has 0 aliphatic carbocycles. The van der Waals surface area contributed by atoms with Crippen LogP contribution >= 0.6 is 0 Å². The number of aromatic amines is 2. The van der Waals surface area contributed by atoms with Crippen molar-refractivity contribution in [1.29, 1.82) is 0 Å². The van der Waals surface area contributed by atoms with Crippen LogP contribution in [0.25, 0.3) is 21.8 Å². The number of hydrogen-bond acceptors (Lipinski definition) is 14. The molecule has 0 fully saturated rings. The summed E-state index contributed by atoms with van der Waals surface area (Å²) in [6.45, 7) is 1.80. The number of fused-ring (bicyclic) bond motifs is 2. The maximum absolute atomic E-state index is 13.1. The summed E-state index contributed by atoms with van der Waals surface area (Å²) in [5.74, 6) is -1.28. The Kier molecular flexibility index (Phi) is 11.5. The van der Waals surface area contributed by atoms with Crippen LogP contribution in [0.5, 0.6) is 46.0 Å². The fraction of sp³-hybridized carbons (Fsp3) is 0.179. The Bertz CT molecular complexity index is 2660. The van der Waals surface area contributed by atoms with Crippen LogP contribution in [0.4, 0.5) is 5.69 Å². The predicted molar refractivity (Wildman–Crippen MR) is 203 cm³/mol. The molecule has 6 rings (SSSR count). The summed E-state index contributed by atoms with van der Waals surface area (Å²) in [5.41, 5.74) is -1.43. The van der Waals surface area contributed by atoms with E-state index in [0.29, 0.717) is 22.4 Å². The second-order valence-corrected chi connectivity index (χ2v) is 11.8. The van der Waals surface area contributed by atoms with Gasteiger partial charge in [0.1, 0.15) is 22.6 Å². The van der Waals surface area contributed by atoms with Crippen LogP contribution in [0.1, 0.15) is 37.4 Å². The lowest BCUT2D eigenvalue weighted by Crippen LogP contribution is -2.20. The van der Waals surface area contributed by atoms with E-state index in [9.17, 15) is 39.5 Å². The zero-order valence-electron chi connectivity index (χ0n) is 31.0. The van der Waals surface area contributed by atoms with Gasteiger partial charge in [-0.2, -0.15) is 0 Å². The van der Waals surface area contributed by atoms with Gasteiger partial charge in [0, 0.05) is 22.9 Å². The van der Waals surface area contributed by atoms with Gasteiger partial charge in [-0.3, -0.25) is 29.3 Å². The van der Waals surface area contributed by atoms with Crippen molar-refractivity contribution < 1.29 is 53.1 Å². The number of ketones is 2. The average molecular weight is 770 g/mol. The number of aromatic nitrogens is 2. The normalized spacial score (nSPS) is 10.6. The number of rotatable bonds is 11. The zero-order chi connectivity index (χ0) is 41.0. The number of hydrogen-bond donors (Lipinski definition) is 4. The lowest BCUT2D eigenvalue weighted by Gasteiger charge is -2.15. The summed E-state index contributed by atoms with van der Waals surface area (Å²) in [7, 11) is 8.35. The molecule has 6 aromatic rings. The van der Waals surface area contributed by atoms with E-state index in [1.807, 2.05) is 0 Å². The number of nitrogens with one attached hydrogen (secondary N) is 2. The van der Waals surface area contributed by atoms with E-state index in [1.165, 1.54) is 73.0 Å². The first-order chi connectivity index (χ1) is 26.8. The van der Waals surface area contributed by atoms with Crippen molar-refractivity contribution in [2.24, 2.45) is 0 Å². The number of nitro benzene ring substituents is 1. The molecular weight excluding hydrogens is 734 g/mol. The Balaban J connectivity index is 0.000000215. The fourth-order valence-electron chi connectivity index (χ4n) is 6.08. The van der Waals surface area contributed by atoms with Crippen molar-refractivity contribution in [3.05, 3.63) is 119 Å². The highest BCUT2D eigenvalue weighted by molar-refractivity contribution is 6.15. The second-order valence-electron chi connectivity index (χ2n) is 11.8. The minimum absolute atomic E-state index is 0.0255. The fourth-order valence-corrected chi connectivity index (χ4v) is 6.08. The Morgan fingerprint density at radius 1 is 0.625 bits per heavy atom. The minimum Gasteiger partial charge on any atom is -0.506 e. The Morgan fingerprint density at radius 3 is 1.57 bits per heavy atom. The average Bonchev–Trinajstić information content (AvgIpc) is 3.19. The van der Waals surface area contributed by atoms with Crippen LogP contribution in [0.15, 0.2) is 70.3 Å². The number of ether oxygens (including phenoxy) is 6. The summed E-state index contributed by atoms with van der Waals surface area (Å²) in [6, 6.07) is 14.5. The van der Waals surface area contributed by atoms with Gasteiger partial charge in [-0.25, -0.2) is 0 Å². The molecule has 0 aliphatic heterocycles. The van der Waals surface area contributed by atoms with Crippen LogP contribution in [-0.2, 0) is 0 Å². The van der Waals surface area contributed by atoms with Gasteiger partial charge in [0.15, 0.2) is 23.0 Å². The number of carbonyl (C=O) groups is 2. The number of benzene rings is 4. The van der Waals surface area contributed by atoms with Gasteiger partial charge in [0.25, 0.3) is 16.8 Å². The Labute approximate surface area is 316 Å². The number of non-ortho nitro benzene ring substituents is 1. The van der Waals surface area contributed by atoms with Crippen molar-refractivity contribution in [3.8, 4) is 46.0 Å². The topological polar surface area (TPSA) is 239 Å². The third-order valence-electron chi connectivity index (χ3n) is 8.76. The number of methoxy groups -OCH3 is 6. The minimum atomic E-state index is -0.905. The first kappa shape index (κ1) is 39.6.